The van der Waals surface area contributed by atoms with Gasteiger partial charge in [0.15, 0.2) is 0 Å². The maximum atomic E-state index is 12.9. The number of benzene rings is 1. The average Bonchev–Trinajstić information content (AvgIpc) is 2.86. The van der Waals surface area contributed by atoms with Crippen LogP contribution in [0.3, 0.4) is 0 Å². The van der Waals surface area contributed by atoms with Crippen LogP contribution >= 0.6 is 0 Å². The lowest BCUT2D eigenvalue weighted by atomic mass is 9.99. The van der Waals surface area contributed by atoms with Crippen LogP contribution in [-0.2, 0) is 19.1 Å². The number of rotatable bonds is 7. The van der Waals surface area contributed by atoms with Crippen LogP contribution < -0.4 is 0 Å². The highest BCUT2D eigenvalue weighted by Crippen LogP contribution is 2.31. The van der Waals surface area contributed by atoms with E-state index in [1.807, 2.05) is 24.3 Å². The van der Waals surface area contributed by atoms with E-state index >= 15 is 0 Å². The van der Waals surface area contributed by atoms with E-state index in [1.54, 1.807) is 25.0 Å². The SMILES string of the molecule is COCCCN1C(=O)/C(=C\c2ccc(C(C)C)cc2)C(C(=O)OC)=C1C. The third-order valence-electron chi connectivity index (χ3n) is 4.55. The van der Waals surface area contributed by atoms with Crippen molar-refractivity contribution in [3.63, 3.8) is 0 Å². The largest absolute Gasteiger partial charge is 0.465 e. The quantitative estimate of drug-likeness (QED) is 0.426. The second-order valence-electron chi connectivity index (χ2n) is 6.63. The Morgan fingerprint density at radius 2 is 1.85 bits per heavy atom. The first kappa shape index (κ1) is 19.9. The highest BCUT2D eigenvalue weighted by molar-refractivity contribution is 6.16. The smallest absolute Gasteiger partial charge is 0.340 e. The van der Waals surface area contributed by atoms with Crippen molar-refractivity contribution in [3.8, 4) is 0 Å². The van der Waals surface area contributed by atoms with E-state index < -0.39 is 5.97 Å². The number of hydrogen-bond donors (Lipinski definition) is 0. The molecule has 1 heterocycles. The van der Waals surface area contributed by atoms with E-state index in [4.69, 9.17) is 9.47 Å². The van der Waals surface area contributed by atoms with Crippen molar-refractivity contribution >= 4 is 18.0 Å². The Labute approximate surface area is 155 Å². The summed E-state index contributed by atoms with van der Waals surface area (Å²) in [5, 5.41) is 0. The van der Waals surface area contributed by atoms with Crippen molar-refractivity contribution in [2.45, 2.75) is 33.1 Å². The number of carbonyl (C=O) groups is 2. The number of methoxy groups -OCH3 is 2. The lowest BCUT2D eigenvalue weighted by Crippen LogP contribution is -2.26. The Balaban J connectivity index is 2.37. The van der Waals surface area contributed by atoms with Crippen LogP contribution in [0.2, 0.25) is 0 Å². The van der Waals surface area contributed by atoms with E-state index in [2.05, 4.69) is 13.8 Å². The number of esters is 1. The lowest BCUT2D eigenvalue weighted by Gasteiger charge is -2.17. The van der Waals surface area contributed by atoms with Crippen molar-refractivity contribution in [2.24, 2.45) is 0 Å². The molecule has 0 fully saturated rings. The number of carbonyl (C=O) groups excluding carboxylic acids is 2. The summed E-state index contributed by atoms with van der Waals surface area (Å²) in [6.07, 6.45) is 2.46. The summed E-state index contributed by atoms with van der Waals surface area (Å²) in [5.74, 6) is -0.226. The van der Waals surface area contributed by atoms with E-state index in [-0.39, 0.29) is 5.91 Å². The van der Waals surface area contributed by atoms with Crippen molar-refractivity contribution in [3.05, 3.63) is 52.2 Å². The van der Waals surface area contributed by atoms with Crippen LogP contribution in [0.4, 0.5) is 0 Å². The minimum absolute atomic E-state index is 0.174. The second kappa shape index (κ2) is 8.81. The average molecular weight is 357 g/mol. The maximum absolute atomic E-state index is 12.9. The molecule has 1 amide bonds. The molecule has 2 rings (SSSR count). The first-order valence-electron chi connectivity index (χ1n) is 8.82. The summed E-state index contributed by atoms with van der Waals surface area (Å²) in [6.45, 7) is 7.10. The van der Waals surface area contributed by atoms with Gasteiger partial charge in [0.2, 0.25) is 0 Å². The van der Waals surface area contributed by atoms with E-state index in [9.17, 15) is 9.59 Å². The molecule has 26 heavy (non-hydrogen) atoms. The van der Waals surface area contributed by atoms with E-state index in [0.717, 1.165) is 5.56 Å². The number of allylic oxidation sites excluding steroid dienone is 1. The fourth-order valence-electron chi connectivity index (χ4n) is 3.01. The van der Waals surface area contributed by atoms with Crippen molar-refractivity contribution in [1.29, 1.82) is 0 Å². The van der Waals surface area contributed by atoms with Crippen LogP contribution in [0.5, 0.6) is 0 Å². The predicted molar refractivity (Wildman–Crippen MR) is 101 cm³/mol. The molecule has 140 valence electrons. The Morgan fingerprint density at radius 1 is 1.19 bits per heavy atom. The van der Waals surface area contributed by atoms with Crippen molar-refractivity contribution in [2.75, 3.05) is 27.4 Å². The first-order chi connectivity index (χ1) is 12.4. The molecule has 1 aliphatic rings. The Hall–Kier alpha value is -2.40. The van der Waals surface area contributed by atoms with Gasteiger partial charge in [-0.1, -0.05) is 38.1 Å². The van der Waals surface area contributed by atoms with Crippen LogP contribution in [0, 0.1) is 0 Å². The van der Waals surface area contributed by atoms with Gasteiger partial charge in [0.05, 0.1) is 18.3 Å². The Kier molecular flexibility index (Phi) is 6.75. The monoisotopic (exact) mass is 357 g/mol. The highest BCUT2D eigenvalue weighted by Gasteiger charge is 2.36. The maximum Gasteiger partial charge on any atom is 0.340 e. The molecular weight excluding hydrogens is 330 g/mol. The summed E-state index contributed by atoms with van der Waals surface area (Å²) in [5.41, 5.74) is 3.45. The van der Waals surface area contributed by atoms with Crippen LogP contribution in [0.25, 0.3) is 6.08 Å². The summed E-state index contributed by atoms with van der Waals surface area (Å²) >= 11 is 0. The summed E-state index contributed by atoms with van der Waals surface area (Å²) in [6, 6.07) is 8.02. The van der Waals surface area contributed by atoms with Gasteiger partial charge in [-0.3, -0.25) is 4.79 Å². The van der Waals surface area contributed by atoms with Gasteiger partial charge < -0.3 is 14.4 Å². The van der Waals surface area contributed by atoms with Crippen molar-refractivity contribution < 1.29 is 19.1 Å². The molecule has 1 aromatic carbocycles. The van der Waals surface area contributed by atoms with Gasteiger partial charge in [0, 0.05) is 26.0 Å². The fraction of sp³-hybridized carbons (Fsp3) is 0.429. The van der Waals surface area contributed by atoms with Crippen molar-refractivity contribution in [1.82, 2.24) is 4.90 Å². The fourth-order valence-corrected chi connectivity index (χ4v) is 3.01. The highest BCUT2D eigenvalue weighted by atomic mass is 16.5. The standard InChI is InChI=1S/C21H27NO4/c1-14(2)17-9-7-16(8-10-17)13-18-19(21(24)26-5)15(3)22(20(18)23)11-6-12-25-4/h7-10,13-14H,6,11-12H2,1-5H3/b18-13-. The zero-order valence-corrected chi connectivity index (χ0v) is 16.2. The molecule has 5 heteroatoms. The third-order valence-corrected chi connectivity index (χ3v) is 4.55. The predicted octanol–water partition coefficient (Wildman–Crippen LogP) is 3.52. The summed E-state index contributed by atoms with van der Waals surface area (Å²) in [7, 11) is 2.95. The molecule has 0 unspecified atom stereocenters. The molecule has 1 aromatic rings. The Bertz CT molecular complexity index is 729. The van der Waals surface area contributed by atoms with Gasteiger partial charge in [0.25, 0.3) is 5.91 Å². The van der Waals surface area contributed by atoms with E-state index in [0.29, 0.717) is 42.3 Å². The summed E-state index contributed by atoms with van der Waals surface area (Å²) in [4.78, 5) is 26.8. The van der Waals surface area contributed by atoms with Gasteiger partial charge in [-0.2, -0.15) is 0 Å². The summed E-state index contributed by atoms with van der Waals surface area (Å²) < 4.78 is 9.96. The molecule has 0 spiro atoms. The zero-order valence-electron chi connectivity index (χ0n) is 16.2. The molecule has 5 nitrogen and oxygen atoms in total. The topological polar surface area (TPSA) is 55.8 Å². The minimum Gasteiger partial charge on any atom is -0.465 e. The van der Waals surface area contributed by atoms with Gasteiger partial charge in [-0.25, -0.2) is 4.79 Å². The molecule has 0 saturated heterocycles. The van der Waals surface area contributed by atoms with Crippen LogP contribution in [-0.4, -0.2) is 44.1 Å². The lowest BCUT2D eigenvalue weighted by molar-refractivity contribution is -0.136. The van der Waals surface area contributed by atoms with Gasteiger partial charge in [-0.05, 0) is 36.5 Å². The number of nitrogens with zero attached hydrogens (tertiary/aromatic N) is 1. The van der Waals surface area contributed by atoms with Crippen LogP contribution in [0.1, 0.15) is 44.2 Å². The van der Waals surface area contributed by atoms with Crippen LogP contribution in [0.15, 0.2) is 41.1 Å². The van der Waals surface area contributed by atoms with Gasteiger partial charge >= 0.3 is 5.97 Å². The molecule has 0 N–H and O–H groups in total. The Morgan fingerprint density at radius 3 is 2.38 bits per heavy atom. The molecule has 1 aliphatic heterocycles. The van der Waals surface area contributed by atoms with Gasteiger partial charge in [-0.15, -0.1) is 0 Å². The minimum atomic E-state index is -0.491. The number of ether oxygens (including phenoxy) is 2. The molecule has 0 aromatic heterocycles. The molecule has 0 bridgehead atoms. The molecule has 0 aliphatic carbocycles. The zero-order chi connectivity index (χ0) is 19.3. The van der Waals surface area contributed by atoms with Gasteiger partial charge in [0.1, 0.15) is 0 Å². The third kappa shape index (κ3) is 4.22. The molecular formula is C21H27NO4. The number of hydrogen-bond acceptors (Lipinski definition) is 4. The van der Waals surface area contributed by atoms with E-state index in [1.165, 1.54) is 12.7 Å². The molecule has 0 atom stereocenters. The molecule has 0 radical (unpaired) electrons. The number of amides is 1. The first-order valence-corrected chi connectivity index (χ1v) is 8.82. The normalized spacial score (nSPS) is 16.2. The second-order valence-corrected chi connectivity index (χ2v) is 6.63. The molecule has 0 saturated carbocycles.